The van der Waals surface area contributed by atoms with Crippen molar-refractivity contribution in [3.05, 3.63) is 41.1 Å². The molecule has 1 aliphatic rings. The van der Waals surface area contributed by atoms with Gasteiger partial charge in [-0.2, -0.15) is 5.26 Å². The number of nitrogens with zero attached hydrogens (tertiary/aromatic N) is 1. The first-order chi connectivity index (χ1) is 11.8. The predicted molar refractivity (Wildman–Crippen MR) is 94.6 cm³/mol. The quantitative estimate of drug-likeness (QED) is 0.937. The zero-order chi connectivity index (χ0) is 16.9. The average molecular weight is 322 g/mol. The van der Waals surface area contributed by atoms with Crippen molar-refractivity contribution in [1.29, 1.82) is 5.26 Å². The van der Waals surface area contributed by atoms with Crippen LogP contribution in [0.3, 0.4) is 0 Å². The van der Waals surface area contributed by atoms with Gasteiger partial charge in [0.25, 0.3) is 5.82 Å². The third kappa shape index (κ3) is 3.07. The van der Waals surface area contributed by atoms with E-state index in [1.807, 2.05) is 31.2 Å². The Kier molecular flexibility index (Phi) is 5.00. The van der Waals surface area contributed by atoms with Crippen LogP contribution in [0.2, 0.25) is 0 Å². The minimum Gasteiger partial charge on any atom is -0.493 e. The minimum atomic E-state index is 0.457. The summed E-state index contributed by atoms with van der Waals surface area (Å²) in [5.74, 6) is 1.27. The Morgan fingerprint density at radius 2 is 1.92 bits per heavy atom. The summed E-state index contributed by atoms with van der Waals surface area (Å²) in [5, 5.41) is 9.72. The van der Waals surface area contributed by atoms with E-state index in [-0.39, 0.29) is 0 Å². The number of hydrogen-bond acceptors (Lipinski definition) is 3. The summed E-state index contributed by atoms with van der Waals surface area (Å²) in [5.41, 5.74) is 11.0. The number of nitriles is 1. The van der Waals surface area contributed by atoms with E-state index >= 15 is 0 Å². The number of hydrogen-bond donors (Lipinski definition) is 1. The molecule has 0 unspecified atom stereocenters. The lowest BCUT2D eigenvalue weighted by Gasteiger charge is -2.19. The fourth-order valence-electron chi connectivity index (χ4n) is 3.55. The molecule has 3 N–H and O–H groups in total. The molecule has 2 aromatic rings. The maximum absolute atomic E-state index is 9.72. The van der Waals surface area contributed by atoms with Crippen LogP contribution in [0.5, 0.6) is 5.75 Å². The molecule has 0 saturated carbocycles. The number of benzene rings is 1. The number of ether oxygens (including phenoxy) is 1. The van der Waals surface area contributed by atoms with Crippen molar-refractivity contribution in [3.8, 4) is 22.9 Å². The molecule has 0 radical (unpaired) electrons. The summed E-state index contributed by atoms with van der Waals surface area (Å²) < 4.78 is 5.82. The van der Waals surface area contributed by atoms with Crippen LogP contribution in [0, 0.1) is 11.3 Å². The Bertz CT molecular complexity index is 777. The van der Waals surface area contributed by atoms with Gasteiger partial charge in [0.2, 0.25) is 0 Å². The van der Waals surface area contributed by atoms with Crippen molar-refractivity contribution in [3.63, 3.8) is 0 Å². The molecule has 4 nitrogen and oxygen atoms in total. The van der Waals surface area contributed by atoms with Gasteiger partial charge in [-0.1, -0.05) is 31.0 Å². The first-order valence-electron chi connectivity index (χ1n) is 8.75. The highest BCUT2D eigenvalue weighted by Crippen LogP contribution is 2.38. The van der Waals surface area contributed by atoms with Crippen LogP contribution in [-0.2, 0) is 12.8 Å². The minimum absolute atomic E-state index is 0.457. The third-order valence-electron chi connectivity index (χ3n) is 4.64. The number of nitrogens with two attached hydrogens (primary N) is 1. The van der Waals surface area contributed by atoms with Crippen LogP contribution in [0.15, 0.2) is 24.3 Å². The molecule has 0 fully saturated rings. The Labute approximate surface area is 143 Å². The van der Waals surface area contributed by atoms with E-state index in [1.54, 1.807) is 0 Å². The molecule has 0 amide bonds. The SMILES string of the molecule is CCOc1ccccc1-c1c(C#N)c(N)[nH+]c2c1CCCCCC2. The fourth-order valence-corrected chi connectivity index (χ4v) is 3.55. The summed E-state index contributed by atoms with van der Waals surface area (Å²) in [7, 11) is 0. The Hall–Kier alpha value is -2.54. The van der Waals surface area contributed by atoms with Gasteiger partial charge >= 0.3 is 0 Å². The van der Waals surface area contributed by atoms with Crippen LogP contribution in [0.4, 0.5) is 5.82 Å². The summed E-state index contributed by atoms with van der Waals surface area (Å²) in [6.07, 6.45) is 6.72. The average Bonchev–Trinajstić information content (AvgIpc) is 2.57. The molecule has 1 heterocycles. The van der Waals surface area contributed by atoms with Gasteiger partial charge in [-0.3, -0.25) is 5.73 Å². The van der Waals surface area contributed by atoms with E-state index in [0.717, 1.165) is 42.6 Å². The van der Waals surface area contributed by atoms with E-state index in [0.29, 0.717) is 18.0 Å². The highest BCUT2D eigenvalue weighted by molar-refractivity contribution is 5.81. The van der Waals surface area contributed by atoms with E-state index < -0.39 is 0 Å². The number of nitrogen functional groups attached to an aromatic ring is 1. The normalized spacial score (nSPS) is 14.2. The molecule has 0 bridgehead atoms. The maximum atomic E-state index is 9.72. The Balaban J connectivity index is 2.28. The summed E-state index contributed by atoms with van der Waals surface area (Å²) in [6, 6.07) is 10.2. The second-order valence-corrected chi connectivity index (χ2v) is 6.20. The van der Waals surface area contributed by atoms with Crippen LogP contribution in [0.25, 0.3) is 11.1 Å². The standard InChI is InChI=1S/C20H23N3O/c1-2-24-18-12-8-7-10-15(18)19-14-9-5-3-4-6-11-17(14)23-20(22)16(19)13-21/h7-8,10,12H,2-6,9,11H2,1H3,(H2,22,23)/p+1. The van der Waals surface area contributed by atoms with Crippen molar-refractivity contribution >= 4 is 5.82 Å². The van der Waals surface area contributed by atoms with Crippen LogP contribution < -0.4 is 15.5 Å². The van der Waals surface area contributed by atoms with Gasteiger partial charge in [0.1, 0.15) is 23.1 Å². The van der Waals surface area contributed by atoms with Crippen molar-refractivity contribution < 1.29 is 9.72 Å². The number of pyridine rings is 1. The molecule has 0 aliphatic heterocycles. The van der Waals surface area contributed by atoms with Crippen molar-refractivity contribution in [2.45, 2.75) is 45.4 Å². The van der Waals surface area contributed by atoms with Crippen molar-refractivity contribution in [2.24, 2.45) is 0 Å². The van der Waals surface area contributed by atoms with E-state index in [1.165, 1.54) is 24.1 Å². The molecular weight excluding hydrogens is 298 g/mol. The second kappa shape index (κ2) is 7.35. The van der Waals surface area contributed by atoms with Gasteiger partial charge in [0.05, 0.1) is 6.61 Å². The molecule has 1 aliphatic carbocycles. The lowest BCUT2D eigenvalue weighted by Crippen LogP contribution is -2.23. The van der Waals surface area contributed by atoms with Gasteiger partial charge in [0.15, 0.2) is 0 Å². The maximum Gasteiger partial charge on any atom is 0.289 e. The van der Waals surface area contributed by atoms with Gasteiger partial charge < -0.3 is 4.74 Å². The lowest BCUT2D eigenvalue weighted by molar-refractivity contribution is -0.374. The highest BCUT2D eigenvalue weighted by Gasteiger charge is 2.25. The van der Waals surface area contributed by atoms with Gasteiger partial charge in [-0.25, -0.2) is 4.98 Å². The largest absolute Gasteiger partial charge is 0.493 e. The highest BCUT2D eigenvalue weighted by atomic mass is 16.5. The molecule has 124 valence electrons. The summed E-state index contributed by atoms with van der Waals surface area (Å²) in [6.45, 7) is 2.56. The number of nitrogens with one attached hydrogen (secondary N) is 1. The molecule has 0 atom stereocenters. The molecule has 1 aromatic carbocycles. The molecule has 24 heavy (non-hydrogen) atoms. The summed E-state index contributed by atoms with van der Waals surface area (Å²) >= 11 is 0. The molecule has 0 spiro atoms. The number of rotatable bonds is 3. The first-order valence-corrected chi connectivity index (χ1v) is 8.75. The van der Waals surface area contributed by atoms with E-state index in [4.69, 9.17) is 10.5 Å². The number of aryl methyl sites for hydroxylation is 1. The number of H-pyrrole nitrogens is 1. The predicted octanol–water partition coefficient (Wildman–Crippen LogP) is 3.68. The van der Waals surface area contributed by atoms with Crippen LogP contribution in [0.1, 0.15) is 49.4 Å². The molecule has 3 rings (SSSR count). The monoisotopic (exact) mass is 322 g/mol. The van der Waals surface area contributed by atoms with E-state index in [9.17, 15) is 5.26 Å². The topological polar surface area (TPSA) is 73.2 Å². The van der Waals surface area contributed by atoms with E-state index in [2.05, 4.69) is 11.1 Å². The van der Waals surface area contributed by atoms with Crippen molar-refractivity contribution in [2.75, 3.05) is 12.3 Å². The van der Waals surface area contributed by atoms with Crippen molar-refractivity contribution in [1.82, 2.24) is 0 Å². The van der Waals surface area contributed by atoms with Gasteiger partial charge in [-0.05, 0) is 32.3 Å². The Morgan fingerprint density at radius 3 is 2.67 bits per heavy atom. The third-order valence-corrected chi connectivity index (χ3v) is 4.64. The molecule has 4 heteroatoms. The number of aromatic amines is 1. The Morgan fingerprint density at radius 1 is 1.17 bits per heavy atom. The smallest absolute Gasteiger partial charge is 0.289 e. The number of anilines is 1. The fraction of sp³-hybridized carbons (Fsp3) is 0.400. The zero-order valence-electron chi connectivity index (χ0n) is 14.2. The first kappa shape index (κ1) is 16.3. The zero-order valence-corrected chi connectivity index (χ0v) is 14.2. The summed E-state index contributed by atoms with van der Waals surface area (Å²) in [4.78, 5) is 3.29. The van der Waals surface area contributed by atoms with Gasteiger partial charge in [-0.15, -0.1) is 0 Å². The molecule has 0 saturated heterocycles. The lowest BCUT2D eigenvalue weighted by atomic mass is 9.87. The van der Waals surface area contributed by atoms with Crippen LogP contribution >= 0.6 is 0 Å². The number of aromatic nitrogens is 1. The molecule has 1 aromatic heterocycles. The molecular formula is C20H24N3O+. The van der Waals surface area contributed by atoms with Crippen LogP contribution in [-0.4, -0.2) is 6.61 Å². The number of fused-ring (bicyclic) bond motifs is 1. The second-order valence-electron chi connectivity index (χ2n) is 6.20. The number of para-hydroxylation sites is 1. The van der Waals surface area contributed by atoms with Gasteiger partial charge in [0, 0.05) is 23.1 Å².